The summed E-state index contributed by atoms with van der Waals surface area (Å²) in [5.41, 5.74) is 0. The highest BCUT2D eigenvalue weighted by atomic mass is 35.5. The van der Waals surface area contributed by atoms with Crippen LogP contribution in [0.1, 0.15) is 13.3 Å². The highest BCUT2D eigenvalue weighted by Crippen LogP contribution is 2.25. The lowest BCUT2D eigenvalue weighted by Gasteiger charge is -2.15. The van der Waals surface area contributed by atoms with Crippen LogP contribution in [-0.4, -0.2) is 19.2 Å². The Labute approximate surface area is 134 Å². The molecule has 22 heavy (non-hydrogen) atoms. The second kappa shape index (κ2) is 7.71. The molecule has 0 aliphatic rings. The fraction of sp³-hybridized carbons (Fsp3) is 0.235. The highest BCUT2D eigenvalue weighted by molar-refractivity contribution is 6.30. The van der Waals surface area contributed by atoms with Crippen LogP contribution in [0.2, 0.25) is 5.02 Å². The molecular weight excluding hydrogens is 304 g/mol. The van der Waals surface area contributed by atoms with Gasteiger partial charge in [-0.05, 0) is 55.0 Å². The van der Waals surface area contributed by atoms with Gasteiger partial charge >= 0.3 is 5.97 Å². The maximum absolute atomic E-state index is 11.5. The summed E-state index contributed by atoms with van der Waals surface area (Å²) in [6.45, 7) is 1.86. The molecule has 2 aromatic carbocycles. The maximum atomic E-state index is 11.5. The van der Waals surface area contributed by atoms with Crippen LogP contribution in [0.3, 0.4) is 0 Å². The Morgan fingerprint density at radius 2 is 1.50 bits per heavy atom. The highest BCUT2D eigenvalue weighted by Gasteiger charge is 2.18. The molecule has 1 unspecified atom stereocenters. The van der Waals surface area contributed by atoms with Crippen LogP contribution in [0.5, 0.6) is 17.2 Å². The third-order valence-electron chi connectivity index (χ3n) is 2.99. The zero-order valence-corrected chi connectivity index (χ0v) is 13.2. The number of carbonyl (C=O) groups excluding carboxylic acids is 1. The van der Waals surface area contributed by atoms with Crippen LogP contribution in [0.25, 0.3) is 0 Å². The molecule has 1 atom stereocenters. The van der Waals surface area contributed by atoms with Crippen molar-refractivity contribution in [3.05, 3.63) is 53.6 Å². The SMILES string of the molecule is CCC(Oc1ccc(Oc2ccc(Cl)cc2)cc1)C(=O)OC. The number of methoxy groups -OCH3 is 1. The molecule has 0 heterocycles. The molecule has 0 saturated heterocycles. The average Bonchev–Trinajstić information content (AvgIpc) is 2.55. The summed E-state index contributed by atoms with van der Waals surface area (Å²) in [5, 5.41) is 0.657. The van der Waals surface area contributed by atoms with E-state index in [1.165, 1.54) is 7.11 Å². The van der Waals surface area contributed by atoms with Crippen molar-refractivity contribution >= 4 is 17.6 Å². The smallest absolute Gasteiger partial charge is 0.347 e. The van der Waals surface area contributed by atoms with Crippen LogP contribution in [0.4, 0.5) is 0 Å². The predicted molar refractivity (Wildman–Crippen MR) is 84.7 cm³/mol. The van der Waals surface area contributed by atoms with Crippen molar-refractivity contribution < 1.29 is 19.0 Å². The van der Waals surface area contributed by atoms with E-state index in [0.29, 0.717) is 28.7 Å². The first kappa shape index (κ1) is 16.2. The molecule has 0 spiro atoms. The monoisotopic (exact) mass is 320 g/mol. The minimum absolute atomic E-state index is 0.385. The zero-order chi connectivity index (χ0) is 15.9. The van der Waals surface area contributed by atoms with Gasteiger partial charge in [-0.15, -0.1) is 0 Å². The quantitative estimate of drug-likeness (QED) is 0.737. The molecule has 0 bridgehead atoms. The Bertz CT molecular complexity index is 608. The maximum Gasteiger partial charge on any atom is 0.347 e. The van der Waals surface area contributed by atoms with E-state index in [2.05, 4.69) is 4.74 Å². The number of hydrogen-bond donors (Lipinski definition) is 0. The van der Waals surface area contributed by atoms with Gasteiger partial charge in [0.1, 0.15) is 17.2 Å². The predicted octanol–water partition coefficient (Wildman–Crippen LogP) is 4.46. The number of halogens is 1. The van der Waals surface area contributed by atoms with Gasteiger partial charge in [0.25, 0.3) is 0 Å². The Balaban J connectivity index is 2.00. The largest absolute Gasteiger partial charge is 0.479 e. The Morgan fingerprint density at radius 3 is 2.00 bits per heavy atom. The van der Waals surface area contributed by atoms with E-state index in [-0.39, 0.29) is 5.97 Å². The topological polar surface area (TPSA) is 44.8 Å². The van der Waals surface area contributed by atoms with Crippen LogP contribution in [-0.2, 0) is 9.53 Å². The summed E-state index contributed by atoms with van der Waals surface area (Å²) in [4.78, 5) is 11.5. The van der Waals surface area contributed by atoms with Crippen molar-refractivity contribution in [2.24, 2.45) is 0 Å². The minimum Gasteiger partial charge on any atom is -0.479 e. The lowest BCUT2D eigenvalue weighted by atomic mass is 10.2. The zero-order valence-electron chi connectivity index (χ0n) is 12.4. The van der Waals surface area contributed by atoms with E-state index < -0.39 is 6.10 Å². The van der Waals surface area contributed by atoms with Gasteiger partial charge < -0.3 is 14.2 Å². The van der Waals surface area contributed by atoms with E-state index in [1.807, 2.05) is 6.92 Å². The summed E-state index contributed by atoms with van der Waals surface area (Å²) in [5.74, 6) is 1.56. The Morgan fingerprint density at radius 1 is 1.00 bits per heavy atom. The molecule has 2 rings (SSSR count). The van der Waals surface area contributed by atoms with E-state index in [9.17, 15) is 4.79 Å². The van der Waals surface area contributed by atoms with Crippen LogP contribution in [0, 0.1) is 0 Å². The van der Waals surface area contributed by atoms with E-state index in [4.69, 9.17) is 21.1 Å². The summed E-state index contributed by atoms with van der Waals surface area (Å²) < 4.78 is 16.0. The Hall–Kier alpha value is -2.20. The summed E-state index contributed by atoms with van der Waals surface area (Å²) in [7, 11) is 1.34. The van der Waals surface area contributed by atoms with Crippen LogP contribution >= 0.6 is 11.6 Å². The van der Waals surface area contributed by atoms with Crippen LogP contribution in [0.15, 0.2) is 48.5 Å². The van der Waals surface area contributed by atoms with Gasteiger partial charge in [-0.1, -0.05) is 18.5 Å². The fourth-order valence-corrected chi connectivity index (χ4v) is 1.94. The molecule has 0 N–H and O–H groups in total. The average molecular weight is 321 g/mol. The van der Waals surface area contributed by atoms with Gasteiger partial charge in [0.05, 0.1) is 7.11 Å². The third-order valence-corrected chi connectivity index (χ3v) is 3.24. The molecule has 5 heteroatoms. The van der Waals surface area contributed by atoms with Crippen molar-refractivity contribution in [2.45, 2.75) is 19.4 Å². The van der Waals surface area contributed by atoms with Gasteiger partial charge in [0.15, 0.2) is 6.10 Å². The van der Waals surface area contributed by atoms with Crippen LogP contribution < -0.4 is 9.47 Å². The van der Waals surface area contributed by atoms with Crippen molar-refractivity contribution in [3.8, 4) is 17.2 Å². The van der Waals surface area contributed by atoms with Gasteiger partial charge in [-0.3, -0.25) is 0 Å². The molecule has 0 radical (unpaired) electrons. The summed E-state index contributed by atoms with van der Waals surface area (Å²) in [6, 6.07) is 14.1. The van der Waals surface area contributed by atoms with Crippen molar-refractivity contribution in [1.82, 2.24) is 0 Å². The van der Waals surface area contributed by atoms with Gasteiger partial charge in [-0.25, -0.2) is 4.79 Å². The lowest BCUT2D eigenvalue weighted by molar-refractivity contribution is -0.148. The molecule has 0 aliphatic heterocycles. The second-order valence-corrected chi connectivity index (χ2v) is 5.00. The van der Waals surface area contributed by atoms with E-state index in [0.717, 1.165) is 0 Å². The summed E-state index contributed by atoms with van der Waals surface area (Å²) in [6.07, 6.45) is -0.0663. The Kier molecular flexibility index (Phi) is 5.67. The number of hydrogen-bond acceptors (Lipinski definition) is 4. The van der Waals surface area contributed by atoms with Gasteiger partial charge in [-0.2, -0.15) is 0 Å². The van der Waals surface area contributed by atoms with Gasteiger partial charge in [0.2, 0.25) is 0 Å². The molecule has 0 amide bonds. The molecule has 0 aliphatic carbocycles. The first-order chi connectivity index (χ1) is 10.6. The lowest BCUT2D eigenvalue weighted by Crippen LogP contribution is -2.27. The fourth-order valence-electron chi connectivity index (χ4n) is 1.82. The molecular formula is C17H17ClO4. The molecule has 2 aromatic rings. The van der Waals surface area contributed by atoms with E-state index >= 15 is 0 Å². The molecule has 4 nitrogen and oxygen atoms in total. The number of ether oxygens (including phenoxy) is 3. The minimum atomic E-state index is -0.604. The molecule has 116 valence electrons. The summed E-state index contributed by atoms with van der Waals surface area (Å²) >= 11 is 5.83. The second-order valence-electron chi connectivity index (χ2n) is 4.57. The van der Waals surface area contributed by atoms with E-state index in [1.54, 1.807) is 48.5 Å². The van der Waals surface area contributed by atoms with Gasteiger partial charge in [0, 0.05) is 5.02 Å². The number of benzene rings is 2. The molecule has 0 aromatic heterocycles. The van der Waals surface area contributed by atoms with Crippen molar-refractivity contribution in [3.63, 3.8) is 0 Å². The molecule has 0 fully saturated rings. The van der Waals surface area contributed by atoms with Crippen molar-refractivity contribution in [2.75, 3.05) is 7.11 Å². The number of esters is 1. The standard InChI is InChI=1S/C17H17ClO4/c1-3-16(17(19)20-2)22-15-10-8-14(9-11-15)21-13-6-4-12(18)5-7-13/h4-11,16H,3H2,1-2H3. The number of rotatable bonds is 6. The first-order valence-electron chi connectivity index (χ1n) is 6.90. The first-order valence-corrected chi connectivity index (χ1v) is 7.28. The normalized spacial score (nSPS) is 11.6. The third kappa shape index (κ3) is 4.40. The number of carbonyl (C=O) groups is 1. The molecule has 0 saturated carbocycles. The van der Waals surface area contributed by atoms with Crippen molar-refractivity contribution in [1.29, 1.82) is 0 Å².